The normalized spacial score (nSPS) is 28.8. The Labute approximate surface area is 154 Å². The van der Waals surface area contributed by atoms with Crippen LogP contribution in [0.2, 0.25) is 0 Å². The molecule has 2 aromatic carbocycles. The standard InChI is InChI=1S/C22H26FNO2/c23-19-8-6-17(7-9-19)10-11-22(25)12-20-15-26-16-21(13-22)24(20)14-18-4-2-1-3-5-18/h1-9,20-21,25H,10-16H2. The molecule has 0 saturated carbocycles. The average Bonchev–Trinajstić information content (AvgIpc) is 2.63. The van der Waals surface area contributed by atoms with E-state index < -0.39 is 5.60 Å². The van der Waals surface area contributed by atoms with E-state index in [0.717, 1.165) is 31.4 Å². The molecule has 0 amide bonds. The summed E-state index contributed by atoms with van der Waals surface area (Å²) in [5.74, 6) is -0.214. The first kappa shape index (κ1) is 17.7. The number of piperidine rings is 1. The van der Waals surface area contributed by atoms with Gasteiger partial charge >= 0.3 is 0 Å². The highest BCUT2D eigenvalue weighted by atomic mass is 19.1. The first-order valence-corrected chi connectivity index (χ1v) is 9.46. The number of benzene rings is 2. The smallest absolute Gasteiger partial charge is 0.123 e. The number of rotatable bonds is 5. The first-order chi connectivity index (χ1) is 12.6. The molecular formula is C22H26FNO2. The summed E-state index contributed by atoms with van der Waals surface area (Å²) in [5, 5.41) is 11.2. The maximum atomic E-state index is 13.1. The van der Waals surface area contributed by atoms with Gasteiger partial charge in [0.1, 0.15) is 5.82 Å². The number of aryl methyl sites for hydroxylation is 1. The zero-order chi connectivity index (χ0) is 18.0. The summed E-state index contributed by atoms with van der Waals surface area (Å²) < 4.78 is 18.8. The van der Waals surface area contributed by atoms with Crippen LogP contribution in [0.1, 0.15) is 30.4 Å². The second-order valence-corrected chi connectivity index (χ2v) is 7.76. The summed E-state index contributed by atoms with van der Waals surface area (Å²) in [5.41, 5.74) is 1.72. The van der Waals surface area contributed by atoms with E-state index in [9.17, 15) is 9.50 Å². The lowest BCUT2D eigenvalue weighted by Gasteiger charge is -2.52. The maximum absolute atomic E-state index is 13.1. The molecule has 3 nitrogen and oxygen atoms in total. The fraction of sp³-hybridized carbons (Fsp3) is 0.455. The van der Waals surface area contributed by atoms with Crippen molar-refractivity contribution in [3.63, 3.8) is 0 Å². The van der Waals surface area contributed by atoms with Crippen LogP contribution in [0.3, 0.4) is 0 Å². The van der Waals surface area contributed by atoms with Gasteiger partial charge in [-0.3, -0.25) is 4.90 Å². The van der Waals surface area contributed by atoms with E-state index >= 15 is 0 Å². The number of hydrogen-bond donors (Lipinski definition) is 1. The van der Waals surface area contributed by atoms with Crippen LogP contribution in [0.5, 0.6) is 0 Å². The summed E-state index contributed by atoms with van der Waals surface area (Å²) >= 11 is 0. The number of hydrogen-bond acceptors (Lipinski definition) is 3. The molecule has 26 heavy (non-hydrogen) atoms. The van der Waals surface area contributed by atoms with Crippen LogP contribution in [-0.2, 0) is 17.7 Å². The van der Waals surface area contributed by atoms with Crippen LogP contribution in [0.15, 0.2) is 54.6 Å². The van der Waals surface area contributed by atoms with Crippen molar-refractivity contribution < 1.29 is 14.2 Å². The molecular weight excluding hydrogens is 329 g/mol. The number of halogens is 1. The van der Waals surface area contributed by atoms with Crippen LogP contribution in [0.25, 0.3) is 0 Å². The van der Waals surface area contributed by atoms with E-state index in [1.807, 2.05) is 18.2 Å². The molecule has 2 bridgehead atoms. The Morgan fingerprint density at radius 2 is 1.62 bits per heavy atom. The maximum Gasteiger partial charge on any atom is 0.123 e. The van der Waals surface area contributed by atoms with Crippen molar-refractivity contribution in [3.8, 4) is 0 Å². The van der Waals surface area contributed by atoms with Crippen LogP contribution in [0, 0.1) is 5.82 Å². The van der Waals surface area contributed by atoms with E-state index in [1.54, 1.807) is 0 Å². The molecule has 2 aliphatic heterocycles. The predicted octanol–water partition coefficient (Wildman–Crippen LogP) is 3.55. The topological polar surface area (TPSA) is 32.7 Å². The Morgan fingerprint density at radius 3 is 2.27 bits per heavy atom. The second kappa shape index (κ2) is 7.47. The molecule has 2 aromatic rings. The molecule has 0 radical (unpaired) electrons. The van der Waals surface area contributed by atoms with Gasteiger partial charge in [0.2, 0.25) is 0 Å². The molecule has 4 heteroatoms. The number of nitrogens with zero attached hydrogens (tertiary/aromatic N) is 1. The predicted molar refractivity (Wildman–Crippen MR) is 99.3 cm³/mol. The minimum Gasteiger partial charge on any atom is -0.390 e. The summed E-state index contributed by atoms with van der Waals surface area (Å²) in [6.07, 6.45) is 2.95. The minimum atomic E-state index is -0.666. The van der Waals surface area contributed by atoms with Crippen molar-refractivity contribution in [1.82, 2.24) is 4.90 Å². The van der Waals surface area contributed by atoms with Crippen LogP contribution < -0.4 is 0 Å². The van der Waals surface area contributed by atoms with Gasteiger partial charge in [0.25, 0.3) is 0 Å². The molecule has 2 heterocycles. The van der Waals surface area contributed by atoms with Crippen molar-refractivity contribution in [3.05, 3.63) is 71.5 Å². The van der Waals surface area contributed by atoms with Crippen LogP contribution >= 0.6 is 0 Å². The zero-order valence-electron chi connectivity index (χ0n) is 15.0. The van der Waals surface area contributed by atoms with Crippen molar-refractivity contribution in [1.29, 1.82) is 0 Å². The van der Waals surface area contributed by atoms with Gasteiger partial charge in [0.05, 0.1) is 18.8 Å². The van der Waals surface area contributed by atoms with E-state index in [1.165, 1.54) is 17.7 Å². The second-order valence-electron chi connectivity index (χ2n) is 7.76. The third kappa shape index (κ3) is 3.98. The number of fused-ring (bicyclic) bond motifs is 2. The molecule has 4 rings (SSSR count). The molecule has 0 aliphatic carbocycles. The van der Waals surface area contributed by atoms with Crippen molar-refractivity contribution in [2.75, 3.05) is 13.2 Å². The lowest BCUT2D eigenvalue weighted by atomic mass is 9.77. The summed E-state index contributed by atoms with van der Waals surface area (Å²) in [6.45, 7) is 2.28. The van der Waals surface area contributed by atoms with Gasteiger partial charge < -0.3 is 9.84 Å². The van der Waals surface area contributed by atoms with Gasteiger partial charge in [0, 0.05) is 18.6 Å². The Morgan fingerprint density at radius 1 is 0.962 bits per heavy atom. The van der Waals surface area contributed by atoms with E-state index in [-0.39, 0.29) is 17.9 Å². The zero-order valence-corrected chi connectivity index (χ0v) is 15.0. The van der Waals surface area contributed by atoms with Gasteiger partial charge in [-0.25, -0.2) is 4.39 Å². The fourth-order valence-electron chi connectivity index (χ4n) is 4.43. The lowest BCUT2D eigenvalue weighted by molar-refractivity contribution is -0.148. The van der Waals surface area contributed by atoms with Crippen molar-refractivity contribution >= 4 is 0 Å². The van der Waals surface area contributed by atoms with E-state index in [2.05, 4.69) is 29.2 Å². The summed E-state index contributed by atoms with van der Waals surface area (Å²) in [7, 11) is 0. The molecule has 0 aromatic heterocycles. The molecule has 2 saturated heterocycles. The first-order valence-electron chi connectivity index (χ1n) is 9.46. The number of ether oxygens (including phenoxy) is 1. The molecule has 138 valence electrons. The molecule has 2 aliphatic rings. The van der Waals surface area contributed by atoms with Gasteiger partial charge in [0.15, 0.2) is 0 Å². The average molecular weight is 355 g/mol. The minimum absolute atomic E-state index is 0.214. The van der Waals surface area contributed by atoms with Crippen LogP contribution in [-0.4, -0.2) is 40.9 Å². The third-order valence-corrected chi connectivity index (χ3v) is 5.79. The van der Waals surface area contributed by atoms with E-state index in [4.69, 9.17) is 4.74 Å². The highest BCUT2D eigenvalue weighted by Gasteiger charge is 2.45. The summed E-state index contributed by atoms with van der Waals surface area (Å²) in [4.78, 5) is 2.51. The Hall–Kier alpha value is -1.75. The largest absolute Gasteiger partial charge is 0.390 e. The SMILES string of the molecule is OC1(CCc2ccc(F)cc2)CC2COCC(C1)N2Cc1ccccc1. The number of aliphatic hydroxyl groups is 1. The van der Waals surface area contributed by atoms with Crippen LogP contribution in [0.4, 0.5) is 4.39 Å². The Balaban J connectivity index is 1.42. The fourth-order valence-corrected chi connectivity index (χ4v) is 4.43. The lowest BCUT2D eigenvalue weighted by Crippen LogP contribution is -2.61. The van der Waals surface area contributed by atoms with Gasteiger partial charge in [-0.1, -0.05) is 42.5 Å². The van der Waals surface area contributed by atoms with Gasteiger partial charge in [-0.2, -0.15) is 0 Å². The molecule has 1 N–H and O–H groups in total. The third-order valence-electron chi connectivity index (χ3n) is 5.79. The summed E-state index contributed by atoms with van der Waals surface area (Å²) in [6, 6.07) is 17.6. The monoisotopic (exact) mass is 355 g/mol. The molecule has 2 atom stereocenters. The van der Waals surface area contributed by atoms with Gasteiger partial charge in [-0.05, 0) is 48.9 Å². The molecule has 0 spiro atoms. The van der Waals surface area contributed by atoms with Crippen molar-refractivity contribution in [2.45, 2.75) is 49.9 Å². The Bertz CT molecular complexity index is 705. The number of morpholine rings is 1. The highest BCUT2D eigenvalue weighted by molar-refractivity contribution is 5.18. The molecule has 2 fully saturated rings. The molecule has 2 unspecified atom stereocenters. The quantitative estimate of drug-likeness (QED) is 0.890. The Kier molecular flexibility index (Phi) is 5.07. The van der Waals surface area contributed by atoms with E-state index in [0.29, 0.717) is 19.6 Å². The van der Waals surface area contributed by atoms with Crippen molar-refractivity contribution in [2.24, 2.45) is 0 Å². The highest BCUT2D eigenvalue weighted by Crippen LogP contribution is 2.38. The van der Waals surface area contributed by atoms with Gasteiger partial charge in [-0.15, -0.1) is 0 Å².